The highest BCUT2D eigenvalue weighted by molar-refractivity contribution is 8.18. The molecule has 1 aliphatic rings. The van der Waals surface area contributed by atoms with Crippen LogP contribution in [0.1, 0.15) is 5.56 Å². The van der Waals surface area contributed by atoms with Gasteiger partial charge in [-0.15, -0.1) is 23.5 Å². The minimum atomic E-state index is -4.22. The number of rotatable bonds is 0. The van der Waals surface area contributed by atoms with Gasteiger partial charge in [0, 0.05) is 14.9 Å². The Morgan fingerprint density at radius 2 is 1.77 bits per heavy atom. The molecule has 13 heavy (non-hydrogen) atoms. The average molecular weight is 222 g/mol. The highest BCUT2D eigenvalue weighted by Crippen LogP contribution is 2.44. The third-order valence-electron chi connectivity index (χ3n) is 1.70. The zero-order chi connectivity index (χ0) is 9.47. The van der Waals surface area contributed by atoms with Crippen LogP contribution < -0.4 is 0 Å². The fourth-order valence-electron chi connectivity index (χ4n) is 1.07. The molecule has 0 nitrogen and oxygen atoms in total. The summed E-state index contributed by atoms with van der Waals surface area (Å²) in [6.45, 7) is 0. The van der Waals surface area contributed by atoms with Gasteiger partial charge < -0.3 is 0 Å². The fourth-order valence-corrected chi connectivity index (χ4v) is 3.46. The Balaban J connectivity index is 2.42. The lowest BCUT2D eigenvalue weighted by atomic mass is 10.2. The van der Waals surface area contributed by atoms with Crippen molar-refractivity contribution in [2.75, 3.05) is 5.08 Å². The first kappa shape index (κ1) is 9.27. The molecule has 0 N–H and O–H groups in total. The van der Waals surface area contributed by atoms with Gasteiger partial charge in [0.15, 0.2) is 0 Å². The molecule has 0 saturated heterocycles. The largest absolute Gasteiger partial charge is 0.416 e. The Labute approximate surface area is 81.9 Å². The molecular weight excluding hydrogens is 217 g/mol. The average Bonchev–Trinajstić information content (AvgIpc) is 2.47. The number of fused-ring (bicyclic) bond motifs is 1. The molecule has 1 aromatic carbocycles. The summed E-state index contributed by atoms with van der Waals surface area (Å²) in [6, 6.07) is 3.90. The smallest absolute Gasteiger partial charge is 0.166 e. The van der Waals surface area contributed by atoms with Crippen molar-refractivity contribution in [3.05, 3.63) is 23.8 Å². The zero-order valence-corrected chi connectivity index (χ0v) is 8.02. The van der Waals surface area contributed by atoms with Gasteiger partial charge in [0.05, 0.1) is 5.56 Å². The monoisotopic (exact) mass is 222 g/mol. The van der Waals surface area contributed by atoms with E-state index in [0.717, 1.165) is 20.9 Å². The Hall–Kier alpha value is -0.290. The van der Waals surface area contributed by atoms with Crippen molar-refractivity contribution < 1.29 is 13.2 Å². The van der Waals surface area contributed by atoms with Gasteiger partial charge >= 0.3 is 6.18 Å². The van der Waals surface area contributed by atoms with E-state index in [-0.39, 0.29) is 0 Å². The summed E-state index contributed by atoms with van der Waals surface area (Å²) in [5.41, 5.74) is -0.554. The first-order valence-corrected chi connectivity index (χ1v) is 5.51. The lowest BCUT2D eigenvalue weighted by molar-refractivity contribution is -0.137. The number of alkyl halides is 3. The number of thioether (sulfide) groups is 2. The van der Waals surface area contributed by atoms with Crippen LogP contribution in [0, 0.1) is 0 Å². The maximum Gasteiger partial charge on any atom is 0.416 e. The second kappa shape index (κ2) is 3.13. The molecule has 1 aromatic rings. The Morgan fingerprint density at radius 3 is 2.46 bits per heavy atom. The van der Waals surface area contributed by atoms with E-state index in [1.54, 1.807) is 17.8 Å². The summed E-state index contributed by atoms with van der Waals surface area (Å²) >= 11 is 3.04. The van der Waals surface area contributed by atoms with Crippen molar-refractivity contribution in [1.82, 2.24) is 0 Å². The Kier molecular flexibility index (Phi) is 2.23. The quantitative estimate of drug-likeness (QED) is 0.653. The predicted molar refractivity (Wildman–Crippen MR) is 48.0 cm³/mol. The van der Waals surface area contributed by atoms with Gasteiger partial charge in [-0.3, -0.25) is 0 Å². The summed E-state index contributed by atoms with van der Waals surface area (Å²) in [4.78, 5) is 1.71. The highest BCUT2D eigenvalue weighted by atomic mass is 32.2. The van der Waals surface area contributed by atoms with E-state index >= 15 is 0 Å². The summed E-state index contributed by atoms with van der Waals surface area (Å²) in [5.74, 6) is 0. The van der Waals surface area contributed by atoms with Crippen LogP contribution in [-0.2, 0) is 6.18 Å². The SMILES string of the molecule is FC(F)(F)c1ccc2c(c1)SCS2. The minimum absolute atomic E-state index is 0.554. The molecule has 2 rings (SSSR count). The topological polar surface area (TPSA) is 0 Å². The number of benzene rings is 1. The lowest BCUT2D eigenvalue weighted by Crippen LogP contribution is -2.04. The standard InChI is InChI=1S/C8H5F3S2/c9-8(10,11)5-1-2-6-7(3-5)13-4-12-6/h1-3H,4H2. The van der Waals surface area contributed by atoms with Gasteiger partial charge in [-0.25, -0.2) is 0 Å². The fraction of sp³-hybridized carbons (Fsp3) is 0.250. The van der Waals surface area contributed by atoms with Crippen molar-refractivity contribution in [1.29, 1.82) is 0 Å². The van der Waals surface area contributed by atoms with E-state index < -0.39 is 11.7 Å². The molecule has 70 valence electrons. The molecule has 0 aliphatic carbocycles. The van der Waals surface area contributed by atoms with Crippen LogP contribution in [-0.4, -0.2) is 5.08 Å². The number of halogens is 3. The number of hydrogen-bond donors (Lipinski definition) is 0. The van der Waals surface area contributed by atoms with Crippen LogP contribution in [0.15, 0.2) is 28.0 Å². The summed E-state index contributed by atoms with van der Waals surface area (Å²) in [5, 5.41) is 0.816. The van der Waals surface area contributed by atoms with Crippen LogP contribution in [0.4, 0.5) is 13.2 Å². The van der Waals surface area contributed by atoms with Gasteiger partial charge in [-0.05, 0) is 18.2 Å². The van der Waals surface area contributed by atoms with E-state index in [1.807, 2.05) is 0 Å². The minimum Gasteiger partial charge on any atom is -0.166 e. The van der Waals surface area contributed by atoms with Crippen LogP contribution in [0.2, 0.25) is 0 Å². The predicted octanol–water partition coefficient (Wildman–Crippen LogP) is 3.86. The van der Waals surface area contributed by atoms with Gasteiger partial charge in [-0.1, -0.05) is 0 Å². The molecule has 0 aromatic heterocycles. The maximum absolute atomic E-state index is 12.2. The third kappa shape index (κ3) is 1.81. The molecule has 1 aliphatic heterocycles. The zero-order valence-electron chi connectivity index (χ0n) is 6.39. The Morgan fingerprint density at radius 1 is 1.08 bits per heavy atom. The van der Waals surface area contributed by atoms with Crippen molar-refractivity contribution in [3.8, 4) is 0 Å². The van der Waals surface area contributed by atoms with Gasteiger partial charge in [-0.2, -0.15) is 13.2 Å². The second-order valence-electron chi connectivity index (χ2n) is 2.57. The van der Waals surface area contributed by atoms with E-state index in [9.17, 15) is 13.2 Å². The second-order valence-corrected chi connectivity index (χ2v) is 4.97. The van der Waals surface area contributed by atoms with E-state index in [4.69, 9.17) is 0 Å². The van der Waals surface area contributed by atoms with Crippen molar-refractivity contribution in [2.45, 2.75) is 16.0 Å². The normalized spacial score (nSPS) is 15.9. The molecule has 5 heteroatoms. The molecule has 1 heterocycles. The maximum atomic E-state index is 12.2. The molecule has 0 bridgehead atoms. The first-order valence-electron chi connectivity index (χ1n) is 3.54. The van der Waals surface area contributed by atoms with Crippen molar-refractivity contribution >= 4 is 23.5 Å². The molecule has 0 atom stereocenters. The molecule has 0 radical (unpaired) electrons. The van der Waals surface area contributed by atoms with Crippen molar-refractivity contribution in [3.63, 3.8) is 0 Å². The third-order valence-corrected chi connectivity index (χ3v) is 4.09. The highest BCUT2D eigenvalue weighted by Gasteiger charge is 2.31. The van der Waals surface area contributed by atoms with Gasteiger partial charge in [0.2, 0.25) is 0 Å². The van der Waals surface area contributed by atoms with Crippen LogP contribution >= 0.6 is 23.5 Å². The summed E-state index contributed by atoms with van der Waals surface area (Å²) in [7, 11) is 0. The molecule has 0 saturated carbocycles. The van der Waals surface area contributed by atoms with Crippen molar-refractivity contribution in [2.24, 2.45) is 0 Å². The Bertz CT molecular complexity index is 333. The van der Waals surface area contributed by atoms with Crippen LogP contribution in [0.25, 0.3) is 0 Å². The van der Waals surface area contributed by atoms with E-state index in [1.165, 1.54) is 17.8 Å². The van der Waals surface area contributed by atoms with E-state index in [0.29, 0.717) is 0 Å². The van der Waals surface area contributed by atoms with Crippen LogP contribution in [0.5, 0.6) is 0 Å². The van der Waals surface area contributed by atoms with E-state index in [2.05, 4.69) is 0 Å². The molecule has 0 amide bonds. The summed E-state index contributed by atoms with van der Waals surface area (Å²) in [6.07, 6.45) is -4.22. The van der Waals surface area contributed by atoms with Crippen LogP contribution in [0.3, 0.4) is 0 Å². The van der Waals surface area contributed by atoms with Gasteiger partial charge in [0.25, 0.3) is 0 Å². The summed E-state index contributed by atoms with van der Waals surface area (Å²) < 4.78 is 36.7. The molecule has 0 fully saturated rings. The number of hydrogen-bond acceptors (Lipinski definition) is 2. The lowest BCUT2D eigenvalue weighted by Gasteiger charge is -2.07. The molecule has 0 unspecified atom stereocenters. The first-order chi connectivity index (χ1) is 6.07. The van der Waals surface area contributed by atoms with Gasteiger partial charge in [0.1, 0.15) is 0 Å². The molecule has 0 spiro atoms. The molecular formula is C8H5F3S2.